The number of rotatable bonds is 3. The van der Waals surface area contributed by atoms with E-state index in [0.717, 1.165) is 32.1 Å². The number of halogens is 2. The van der Waals surface area contributed by atoms with Crippen molar-refractivity contribution in [3.8, 4) is 0 Å². The van der Waals surface area contributed by atoms with Gasteiger partial charge in [0.15, 0.2) is 0 Å². The highest BCUT2D eigenvalue weighted by Crippen LogP contribution is 2.56. The van der Waals surface area contributed by atoms with E-state index in [2.05, 4.69) is 5.32 Å². The summed E-state index contributed by atoms with van der Waals surface area (Å²) in [5.41, 5.74) is 6.44. The number of hydrogen-bond donors (Lipinski definition) is 2. The second-order valence-corrected chi connectivity index (χ2v) is 8.38. The fraction of sp³-hybridized carbons (Fsp3) is 0.938. The number of likely N-dealkylation sites (tertiary alicyclic amines) is 1. The summed E-state index contributed by atoms with van der Waals surface area (Å²) in [4.78, 5) is 13.5. The van der Waals surface area contributed by atoms with Crippen molar-refractivity contribution in [2.75, 3.05) is 19.6 Å². The first-order chi connectivity index (χ1) is 10.3. The molecule has 0 aromatic heterocycles. The maximum absolute atomic E-state index is 13.2. The van der Waals surface area contributed by atoms with Gasteiger partial charge in [-0.3, -0.25) is 4.79 Å². The van der Waals surface area contributed by atoms with Crippen LogP contribution in [-0.4, -0.2) is 47.4 Å². The topological polar surface area (TPSA) is 58.4 Å². The minimum atomic E-state index is -2.71. The second-order valence-electron chi connectivity index (χ2n) is 8.38. The van der Waals surface area contributed by atoms with Crippen molar-refractivity contribution in [2.24, 2.45) is 17.6 Å². The standard InChI is InChI=1S/C16H25F2N3O/c17-16(18)1-2-21(10-16)13(22)8-20-15-6-11-3-12(7-15)5-14(19,4-11)9-15/h11-12,20H,1-10,19H2. The van der Waals surface area contributed by atoms with E-state index in [1.807, 2.05) is 0 Å². The van der Waals surface area contributed by atoms with Gasteiger partial charge in [-0.25, -0.2) is 8.78 Å². The van der Waals surface area contributed by atoms with Crippen molar-refractivity contribution >= 4 is 5.91 Å². The number of alkyl halides is 2. The van der Waals surface area contributed by atoms with Gasteiger partial charge >= 0.3 is 0 Å². The van der Waals surface area contributed by atoms with Crippen LogP contribution in [0.25, 0.3) is 0 Å². The summed E-state index contributed by atoms with van der Waals surface area (Å²) in [6.07, 6.45) is 6.39. The van der Waals surface area contributed by atoms with E-state index in [0.29, 0.717) is 11.8 Å². The van der Waals surface area contributed by atoms with Gasteiger partial charge in [0.1, 0.15) is 0 Å². The Labute approximate surface area is 129 Å². The van der Waals surface area contributed by atoms with E-state index < -0.39 is 12.5 Å². The van der Waals surface area contributed by atoms with Gasteiger partial charge in [0.05, 0.1) is 13.1 Å². The predicted octanol–water partition coefficient (Wildman–Crippen LogP) is 1.49. The molecule has 4 nitrogen and oxygen atoms in total. The zero-order valence-electron chi connectivity index (χ0n) is 12.9. The Kier molecular flexibility index (Phi) is 3.12. The first kappa shape index (κ1) is 14.8. The molecule has 5 rings (SSSR count). The summed E-state index contributed by atoms with van der Waals surface area (Å²) < 4.78 is 26.5. The van der Waals surface area contributed by atoms with Crippen LogP contribution in [-0.2, 0) is 4.79 Å². The fourth-order valence-electron chi connectivity index (χ4n) is 5.86. The van der Waals surface area contributed by atoms with E-state index in [1.54, 1.807) is 0 Å². The van der Waals surface area contributed by atoms with Crippen molar-refractivity contribution in [2.45, 2.75) is 61.9 Å². The highest BCUT2D eigenvalue weighted by molar-refractivity contribution is 5.78. The minimum absolute atomic E-state index is 0.0310. The molecule has 4 saturated carbocycles. The molecule has 2 atom stereocenters. The van der Waals surface area contributed by atoms with Gasteiger partial charge in [0.2, 0.25) is 5.91 Å². The van der Waals surface area contributed by atoms with E-state index in [9.17, 15) is 13.6 Å². The summed E-state index contributed by atoms with van der Waals surface area (Å²) in [6, 6.07) is 0. The van der Waals surface area contributed by atoms with Gasteiger partial charge in [0.25, 0.3) is 5.92 Å². The van der Waals surface area contributed by atoms with E-state index in [-0.39, 0.29) is 36.5 Å². The molecule has 2 unspecified atom stereocenters. The molecule has 1 heterocycles. The second kappa shape index (κ2) is 4.63. The molecule has 4 aliphatic carbocycles. The first-order valence-electron chi connectivity index (χ1n) is 8.46. The van der Waals surface area contributed by atoms with Gasteiger partial charge in [-0.1, -0.05) is 0 Å². The van der Waals surface area contributed by atoms with E-state index in [4.69, 9.17) is 5.73 Å². The maximum atomic E-state index is 13.2. The number of nitrogens with one attached hydrogen (secondary N) is 1. The molecule has 22 heavy (non-hydrogen) atoms. The number of nitrogens with two attached hydrogens (primary N) is 1. The van der Waals surface area contributed by atoms with Gasteiger partial charge in [0, 0.05) is 24.0 Å². The molecule has 5 fully saturated rings. The summed E-state index contributed by atoms with van der Waals surface area (Å²) in [7, 11) is 0. The van der Waals surface area contributed by atoms with Gasteiger partial charge < -0.3 is 16.0 Å². The smallest absolute Gasteiger partial charge is 0.267 e. The fourth-order valence-corrected chi connectivity index (χ4v) is 5.86. The minimum Gasteiger partial charge on any atom is -0.335 e. The third kappa shape index (κ3) is 2.54. The molecule has 0 spiro atoms. The summed E-state index contributed by atoms with van der Waals surface area (Å²) in [5.74, 6) is -1.56. The number of carbonyl (C=O) groups is 1. The number of carbonyl (C=O) groups excluding carboxylic acids is 1. The van der Waals surface area contributed by atoms with Crippen LogP contribution in [0.3, 0.4) is 0 Å². The molecule has 6 heteroatoms. The summed E-state index contributed by atoms with van der Waals surface area (Å²) in [6.45, 7) is -0.0786. The summed E-state index contributed by atoms with van der Waals surface area (Å²) >= 11 is 0. The Morgan fingerprint density at radius 2 is 1.91 bits per heavy atom. The van der Waals surface area contributed by atoms with Crippen LogP contribution < -0.4 is 11.1 Å². The number of hydrogen-bond acceptors (Lipinski definition) is 3. The van der Waals surface area contributed by atoms with Crippen molar-refractivity contribution in [1.29, 1.82) is 0 Å². The average Bonchev–Trinajstić information content (AvgIpc) is 2.73. The van der Waals surface area contributed by atoms with Crippen LogP contribution >= 0.6 is 0 Å². The number of nitrogens with zero attached hydrogens (tertiary/aromatic N) is 1. The zero-order valence-corrected chi connectivity index (χ0v) is 12.9. The lowest BCUT2D eigenvalue weighted by atomic mass is 9.50. The molecule has 4 bridgehead atoms. The SMILES string of the molecule is NC12CC3CC(C1)CC(NCC(=O)N1CCC(F)(F)C1)(C3)C2. The van der Waals surface area contributed by atoms with Crippen LogP contribution in [0.15, 0.2) is 0 Å². The van der Waals surface area contributed by atoms with Crippen LogP contribution in [0.4, 0.5) is 8.78 Å². The monoisotopic (exact) mass is 313 g/mol. The molecule has 1 amide bonds. The Bertz CT molecular complexity index is 482. The van der Waals surface area contributed by atoms with Gasteiger partial charge in [-0.2, -0.15) is 0 Å². The zero-order chi connectivity index (χ0) is 15.6. The quantitative estimate of drug-likeness (QED) is 0.830. The highest BCUT2D eigenvalue weighted by atomic mass is 19.3. The van der Waals surface area contributed by atoms with Crippen molar-refractivity contribution in [3.63, 3.8) is 0 Å². The average molecular weight is 313 g/mol. The molecular weight excluding hydrogens is 288 g/mol. The lowest BCUT2D eigenvalue weighted by Gasteiger charge is -2.61. The molecule has 124 valence electrons. The Morgan fingerprint density at radius 1 is 1.23 bits per heavy atom. The third-order valence-corrected chi connectivity index (χ3v) is 6.24. The van der Waals surface area contributed by atoms with E-state index in [1.165, 1.54) is 11.3 Å². The number of amides is 1. The highest BCUT2D eigenvalue weighted by Gasteiger charge is 2.56. The molecule has 3 N–H and O–H groups in total. The molecule has 0 aromatic rings. The van der Waals surface area contributed by atoms with Crippen LogP contribution in [0.5, 0.6) is 0 Å². The van der Waals surface area contributed by atoms with E-state index >= 15 is 0 Å². The molecule has 1 aliphatic heterocycles. The molecule has 5 aliphatic rings. The van der Waals surface area contributed by atoms with Crippen molar-refractivity contribution in [1.82, 2.24) is 10.2 Å². The molecular formula is C16H25F2N3O. The first-order valence-corrected chi connectivity index (χ1v) is 8.46. The van der Waals surface area contributed by atoms with Crippen LogP contribution in [0.2, 0.25) is 0 Å². The Balaban J connectivity index is 1.39. The molecule has 0 aromatic carbocycles. The van der Waals surface area contributed by atoms with Crippen molar-refractivity contribution < 1.29 is 13.6 Å². The lowest BCUT2D eigenvalue weighted by Crippen LogP contribution is -2.68. The van der Waals surface area contributed by atoms with Gasteiger partial charge in [-0.05, 0) is 50.4 Å². The van der Waals surface area contributed by atoms with Gasteiger partial charge in [-0.15, -0.1) is 0 Å². The largest absolute Gasteiger partial charge is 0.335 e. The third-order valence-electron chi connectivity index (χ3n) is 6.24. The molecule has 0 radical (unpaired) electrons. The molecule has 1 saturated heterocycles. The van der Waals surface area contributed by atoms with Crippen molar-refractivity contribution in [3.05, 3.63) is 0 Å². The van der Waals surface area contributed by atoms with Crippen LogP contribution in [0.1, 0.15) is 44.9 Å². The normalized spacial score (nSPS) is 45.5. The summed E-state index contributed by atoms with van der Waals surface area (Å²) in [5, 5.41) is 3.44. The van der Waals surface area contributed by atoms with Crippen LogP contribution in [0, 0.1) is 11.8 Å². The predicted molar refractivity (Wildman–Crippen MR) is 78.5 cm³/mol. The Morgan fingerprint density at radius 3 is 2.45 bits per heavy atom. The lowest BCUT2D eigenvalue weighted by molar-refractivity contribution is -0.132. The maximum Gasteiger partial charge on any atom is 0.267 e. The Hall–Kier alpha value is -0.750.